The van der Waals surface area contributed by atoms with Crippen LogP contribution in [0.15, 0.2) is 70.8 Å². The van der Waals surface area contributed by atoms with E-state index in [1.165, 1.54) is 11.8 Å². The van der Waals surface area contributed by atoms with Crippen LogP contribution >= 0.6 is 11.8 Å². The zero-order valence-electron chi connectivity index (χ0n) is 12.1. The van der Waals surface area contributed by atoms with Gasteiger partial charge in [-0.15, -0.1) is 5.73 Å². The molecule has 0 bridgehead atoms. The van der Waals surface area contributed by atoms with Crippen molar-refractivity contribution in [1.29, 1.82) is 0 Å². The lowest BCUT2D eigenvalue weighted by Gasteiger charge is -2.09. The quantitative estimate of drug-likeness (QED) is 0.315. The Morgan fingerprint density at radius 2 is 2.11 bits per heavy atom. The summed E-state index contributed by atoms with van der Waals surface area (Å²) in [5.41, 5.74) is 5.08. The summed E-state index contributed by atoms with van der Waals surface area (Å²) in [5, 5.41) is 2.14. The molecule has 102 valence electrons. The molecule has 0 aliphatic heterocycles. The van der Waals surface area contributed by atoms with E-state index in [1.54, 1.807) is 17.8 Å². The summed E-state index contributed by atoms with van der Waals surface area (Å²) >= 11 is 1.59. The highest BCUT2D eigenvalue weighted by Crippen LogP contribution is 2.24. The van der Waals surface area contributed by atoms with Crippen molar-refractivity contribution in [2.75, 3.05) is 0 Å². The summed E-state index contributed by atoms with van der Waals surface area (Å²) in [7, 11) is 0. The topological polar surface area (TPSA) is 12.4 Å². The molecule has 0 rings (SSSR count). The maximum absolute atomic E-state index is 4.23. The SMILES string of the molecule is C=C=C(S/C=C(\C)[C@H](C)CC)C(/C=C\C=C)=N/C=C. The fraction of sp³-hybridized carbons (Fsp3) is 0.294. The Balaban J connectivity index is 5.07. The van der Waals surface area contributed by atoms with E-state index < -0.39 is 0 Å². The molecule has 0 heterocycles. The van der Waals surface area contributed by atoms with Crippen LogP contribution in [0.1, 0.15) is 27.2 Å². The molecule has 0 N–H and O–H groups in total. The fourth-order valence-electron chi connectivity index (χ4n) is 1.22. The molecule has 0 saturated carbocycles. The molecule has 0 aromatic rings. The molecule has 0 spiro atoms. The second kappa shape index (κ2) is 10.4. The maximum Gasteiger partial charge on any atom is 0.0846 e. The van der Waals surface area contributed by atoms with Crippen molar-refractivity contribution in [1.82, 2.24) is 0 Å². The zero-order chi connectivity index (χ0) is 14.7. The molecule has 0 saturated heterocycles. The van der Waals surface area contributed by atoms with Gasteiger partial charge in [0.15, 0.2) is 0 Å². The highest BCUT2D eigenvalue weighted by atomic mass is 32.2. The van der Waals surface area contributed by atoms with E-state index in [0.29, 0.717) is 5.92 Å². The van der Waals surface area contributed by atoms with Crippen molar-refractivity contribution in [3.8, 4) is 0 Å². The molecule has 0 amide bonds. The van der Waals surface area contributed by atoms with Crippen LogP contribution in [0.3, 0.4) is 0 Å². The molecule has 2 heteroatoms. The van der Waals surface area contributed by atoms with E-state index >= 15 is 0 Å². The molecule has 19 heavy (non-hydrogen) atoms. The first-order chi connectivity index (χ1) is 9.10. The third kappa shape index (κ3) is 6.85. The Hall–Kier alpha value is -1.50. The van der Waals surface area contributed by atoms with Gasteiger partial charge in [0.25, 0.3) is 0 Å². The van der Waals surface area contributed by atoms with Crippen LogP contribution in [0.5, 0.6) is 0 Å². The van der Waals surface area contributed by atoms with Crippen molar-refractivity contribution >= 4 is 17.5 Å². The van der Waals surface area contributed by atoms with Crippen LogP contribution in [0.2, 0.25) is 0 Å². The smallest absolute Gasteiger partial charge is 0.0846 e. The van der Waals surface area contributed by atoms with Crippen LogP contribution in [-0.4, -0.2) is 5.71 Å². The summed E-state index contributed by atoms with van der Waals surface area (Å²) in [6.07, 6.45) is 8.09. The Morgan fingerprint density at radius 3 is 2.58 bits per heavy atom. The minimum Gasteiger partial charge on any atom is -0.256 e. The van der Waals surface area contributed by atoms with Crippen LogP contribution < -0.4 is 0 Å². The summed E-state index contributed by atoms with van der Waals surface area (Å²) < 4.78 is 0. The van der Waals surface area contributed by atoms with Gasteiger partial charge in [-0.3, -0.25) is 4.99 Å². The number of rotatable bonds is 8. The van der Waals surface area contributed by atoms with Gasteiger partial charge in [-0.1, -0.05) is 63.1 Å². The largest absolute Gasteiger partial charge is 0.256 e. The highest BCUT2D eigenvalue weighted by molar-refractivity contribution is 8.06. The monoisotopic (exact) mass is 273 g/mol. The minimum atomic E-state index is 0.585. The van der Waals surface area contributed by atoms with Crippen molar-refractivity contribution in [2.24, 2.45) is 10.9 Å². The van der Waals surface area contributed by atoms with Gasteiger partial charge < -0.3 is 0 Å². The summed E-state index contributed by atoms with van der Waals surface area (Å²) in [6, 6.07) is 0. The predicted molar refractivity (Wildman–Crippen MR) is 90.4 cm³/mol. The van der Waals surface area contributed by atoms with Gasteiger partial charge >= 0.3 is 0 Å². The van der Waals surface area contributed by atoms with Crippen molar-refractivity contribution in [3.63, 3.8) is 0 Å². The lowest BCUT2D eigenvalue weighted by molar-refractivity contribution is 0.657. The number of thioether (sulfide) groups is 1. The molecule has 1 atom stereocenters. The van der Waals surface area contributed by atoms with Gasteiger partial charge in [-0.25, -0.2) is 0 Å². The summed E-state index contributed by atoms with van der Waals surface area (Å²) in [6.45, 7) is 17.6. The molecule has 0 radical (unpaired) electrons. The maximum atomic E-state index is 4.23. The lowest BCUT2D eigenvalue weighted by Crippen LogP contribution is -1.95. The van der Waals surface area contributed by atoms with Gasteiger partial charge in [0.05, 0.1) is 10.6 Å². The molecule has 0 unspecified atom stereocenters. The van der Waals surface area contributed by atoms with E-state index in [0.717, 1.165) is 17.0 Å². The average Bonchev–Trinajstić information content (AvgIpc) is 2.43. The van der Waals surface area contributed by atoms with Crippen molar-refractivity contribution in [2.45, 2.75) is 27.2 Å². The Morgan fingerprint density at radius 1 is 1.42 bits per heavy atom. The molecular formula is C17H23NS. The summed E-state index contributed by atoms with van der Waals surface area (Å²) in [5.74, 6) is 0.585. The second-order valence-corrected chi connectivity index (χ2v) is 4.97. The normalized spacial score (nSPS) is 14.1. The third-order valence-electron chi connectivity index (χ3n) is 2.77. The first kappa shape index (κ1) is 17.5. The number of hydrogen-bond donors (Lipinski definition) is 0. The second-order valence-electron chi connectivity index (χ2n) is 4.09. The van der Waals surface area contributed by atoms with Crippen LogP contribution in [0.4, 0.5) is 0 Å². The number of allylic oxidation sites excluding steroid dienone is 5. The Bertz CT molecular complexity index is 446. The average molecular weight is 273 g/mol. The van der Waals surface area contributed by atoms with Crippen LogP contribution in [0, 0.1) is 5.92 Å². The van der Waals surface area contributed by atoms with Gasteiger partial charge in [-0.2, -0.15) is 0 Å². The molecule has 0 aromatic carbocycles. The van der Waals surface area contributed by atoms with Crippen molar-refractivity contribution < 1.29 is 0 Å². The molecule has 0 aliphatic rings. The van der Waals surface area contributed by atoms with Crippen LogP contribution in [-0.2, 0) is 0 Å². The minimum absolute atomic E-state index is 0.585. The molecule has 1 nitrogen and oxygen atoms in total. The predicted octanol–water partition coefficient (Wildman–Crippen LogP) is 5.67. The van der Waals surface area contributed by atoms with Crippen molar-refractivity contribution in [3.05, 3.63) is 65.8 Å². The highest BCUT2D eigenvalue weighted by Gasteiger charge is 2.05. The van der Waals surface area contributed by atoms with Gasteiger partial charge in [-0.05, 0) is 30.7 Å². The fourth-order valence-corrected chi connectivity index (χ4v) is 2.08. The Labute approximate surface area is 121 Å². The van der Waals surface area contributed by atoms with Crippen LogP contribution in [0.25, 0.3) is 0 Å². The van der Waals surface area contributed by atoms with E-state index in [9.17, 15) is 0 Å². The number of aliphatic imine (C=N–C) groups is 1. The third-order valence-corrected chi connectivity index (χ3v) is 3.84. The van der Waals surface area contributed by atoms with Gasteiger partial charge in [0.1, 0.15) is 0 Å². The van der Waals surface area contributed by atoms with E-state index in [2.05, 4.69) is 56.6 Å². The molecule has 0 aliphatic carbocycles. The van der Waals surface area contributed by atoms with E-state index in [-0.39, 0.29) is 0 Å². The summed E-state index contributed by atoms with van der Waals surface area (Å²) in [4.78, 5) is 5.12. The van der Waals surface area contributed by atoms with Gasteiger partial charge in [0.2, 0.25) is 0 Å². The van der Waals surface area contributed by atoms with E-state index in [1.807, 2.05) is 12.2 Å². The zero-order valence-corrected chi connectivity index (χ0v) is 13.0. The number of nitrogens with zero attached hydrogens (tertiary/aromatic N) is 1. The number of hydrogen-bond acceptors (Lipinski definition) is 2. The molecular weight excluding hydrogens is 250 g/mol. The van der Waals surface area contributed by atoms with E-state index in [4.69, 9.17) is 0 Å². The standard InChI is InChI=1S/C17H23NS/c1-7-11-12-16(18-10-4)17(9-3)19-13-15(6)14(5)8-2/h7,10-14H,1,3-4,8H2,2,5-6H3/b12-11-,15-13+,18-16+/t14-/m1/s1. The Kier molecular flexibility index (Phi) is 9.60. The first-order valence-corrected chi connectivity index (χ1v) is 7.20. The lowest BCUT2D eigenvalue weighted by atomic mass is 10.0. The molecule has 0 aromatic heterocycles. The van der Waals surface area contributed by atoms with Gasteiger partial charge in [0, 0.05) is 6.20 Å². The first-order valence-electron chi connectivity index (χ1n) is 6.32. The molecule has 0 fully saturated rings.